The number of carbonyl (C=O) groups excluding carboxylic acids is 2. The fourth-order valence-corrected chi connectivity index (χ4v) is 3.60. The number of carbonyl (C=O) groups is 2. The van der Waals surface area contributed by atoms with Gasteiger partial charge in [-0.05, 0) is 18.1 Å². The van der Waals surface area contributed by atoms with Crippen LogP contribution in [0.3, 0.4) is 0 Å². The van der Waals surface area contributed by atoms with Gasteiger partial charge in [-0.15, -0.1) is 11.3 Å². The molecule has 1 fully saturated rings. The fraction of sp³-hybridized carbons (Fsp3) is 0.625. The molecular weight excluding hydrogens is 348 g/mol. The van der Waals surface area contributed by atoms with E-state index < -0.39 is 6.03 Å². The van der Waals surface area contributed by atoms with E-state index in [0.717, 1.165) is 37.1 Å². The summed E-state index contributed by atoms with van der Waals surface area (Å²) in [6.07, 6.45) is 0. The lowest BCUT2D eigenvalue weighted by atomic mass is 10.2. The summed E-state index contributed by atoms with van der Waals surface area (Å²) < 4.78 is 0.816. The van der Waals surface area contributed by atoms with Gasteiger partial charge in [0.05, 0.1) is 10.9 Å². The lowest BCUT2D eigenvalue weighted by Gasteiger charge is -2.33. The minimum Gasteiger partial charge on any atom is -0.338 e. The summed E-state index contributed by atoms with van der Waals surface area (Å²) in [6.45, 7) is 9.18. The molecule has 0 unspecified atom stereocenters. The highest BCUT2D eigenvalue weighted by Crippen LogP contribution is 2.23. The topological polar surface area (TPSA) is 64.7 Å². The zero-order chi connectivity index (χ0) is 17.5. The van der Waals surface area contributed by atoms with Crippen LogP contribution in [0.15, 0.2) is 12.1 Å². The number of imide groups is 1. The second-order valence-corrected chi connectivity index (χ2v) is 8.21. The molecule has 2 heterocycles. The zero-order valence-electron chi connectivity index (χ0n) is 14.2. The number of urea groups is 1. The second-order valence-electron chi connectivity index (χ2n) is 6.41. The first-order valence-electron chi connectivity index (χ1n) is 8.19. The van der Waals surface area contributed by atoms with Gasteiger partial charge in [0.2, 0.25) is 5.91 Å². The molecule has 1 saturated heterocycles. The SMILES string of the molecule is CC(C)CNC(=O)NC(=O)CN1CCN(Cc2ccc(Cl)s2)CC1. The molecule has 1 aromatic rings. The number of hydrogen-bond donors (Lipinski definition) is 2. The molecule has 3 amide bonds. The first-order valence-corrected chi connectivity index (χ1v) is 9.38. The van der Waals surface area contributed by atoms with Crippen molar-refractivity contribution in [2.24, 2.45) is 5.92 Å². The van der Waals surface area contributed by atoms with E-state index in [0.29, 0.717) is 12.5 Å². The van der Waals surface area contributed by atoms with Crippen LogP contribution >= 0.6 is 22.9 Å². The quantitative estimate of drug-likeness (QED) is 0.801. The van der Waals surface area contributed by atoms with Crippen LogP contribution in [0, 0.1) is 5.92 Å². The van der Waals surface area contributed by atoms with Crippen molar-refractivity contribution in [3.05, 3.63) is 21.3 Å². The molecule has 6 nitrogen and oxygen atoms in total. The van der Waals surface area contributed by atoms with Crippen LogP contribution in [-0.4, -0.2) is 61.0 Å². The van der Waals surface area contributed by atoms with E-state index in [2.05, 4.69) is 26.5 Å². The lowest BCUT2D eigenvalue weighted by molar-refractivity contribution is -0.121. The molecule has 134 valence electrons. The summed E-state index contributed by atoms with van der Waals surface area (Å²) in [5.41, 5.74) is 0. The number of rotatable bonds is 6. The Hall–Kier alpha value is -1.15. The smallest absolute Gasteiger partial charge is 0.321 e. The third-order valence-corrected chi connectivity index (χ3v) is 4.98. The minimum atomic E-state index is -0.415. The van der Waals surface area contributed by atoms with Crippen molar-refractivity contribution in [3.63, 3.8) is 0 Å². The van der Waals surface area contributed by atoms with Crippen LogP contribution < -0.4 is 10.6 Å². The monoisotopic (exact) mass is 372 g/mol. The molecule has 1 aliphatic rings. The van der Waals surface area contributed by atoms with Crippen molar-refractivity contribution in [3.8, 4) is 0 Å². The summed E-state index contributed by atoms with van der Waals surface area (Å²) in [6, 6.07) is 3.57. The third kappa shape index (κ3) is 6.76. The zero-order valence-corrected chi connectivity index (χ0v) is 15.8. The second kappa shape index (κ2) is 9.36. The van der Waals surface area contributed by atoms with Gasteiger partial charge in [-0.2, -0.15) is 0 Å². The maximum atomic E-state index is 11.9. The maximum Gasteiger partial charge on any atom is 0.321 e. The largest absolute Gasteiger partial charge is 0.338 e. The summed E-state index contributed by atoms with van der Waals surface area (Å²) in [7, 11) is 0. The van der Waals surface area contributed by atoms with Gasteiger partial charge < -0.3 is 5.32 Å². The molecule has 2 rings (SSSR count). The van der Waals surface area contributed by atoms with Gasteiger partial charge in [-0.25, -0.2) is 4.79 Å². The minimum absolute atomic E-state index is 0.255. The number of thiophene rings is 1. The van der Waals surface area contributed by atoms with E-state index in [1.54, 1.807) is 11.3 Å². The Morgan fingerprint density at radius 1 is 1.21 bits per heavy atom. The van der Waals surface area contributed by atoms with Crippen LogP contribution in [0.5, 0.6) is 0 Å². The molecule has 24 heavy (non-hydrogen) atoms. The number of piperazine rings is 1. The molecule has 1 aromatic heterocycles. The number of nitrogens with one attached hydrogen (secondary N) is 2. The van der Waals surface area contributed by atoms with E-state index in [4.69, 9.17) is 11.6 Å². The van der Waals surface area contributed by atoms with E-state index in [9.17, 15) is 9.59 Å². The molecule has 2 N–H and O–H groups in total. The predicted molar refractivity (Wildman–Crippen MR) is 97.4 cm³/mol. The van der Waals surface area contributed by atoms with Gasteiger partial charge in [-0.3, -0.25) is 19.9 Å². The van der Waals surface area contributed by atoms with Gasteiger partial charge in [0.25, 0.3) is 0 Å². The fourth-order valence-electron chi connectivity index (χ4n) is 2.47. The third-order valence-electron chi connectivity index (χ3n) is 3.76. The molecule has 0 saturated carbocycles. The average molecular weight is 373 g/mol. The number of nitrogens with zero attached hydrogens (tertiary/aromatic N) is 2. The first kappa shape index (κ1) is 19.2. The molecular formula is C16H25ClN4O2S. The Bertz CT molecular complexity index is 556. The predicted octanol–water partition coefficient (Wildman–Crippen LogP) is 2.00. The van der Waals surface area contributed by atoms with Crippen molar-refractivity contribution in [2.45, 2.75) is 20.4 Å². The highest BCUT2D eigenvalue weighted by Gasteiger charge is 2.20. The van der Waals surface area contributed by atoms with Crippen LogP contribution in [0.2, 0.25) is 4.34 Å². The Balaban J connectivity index is 1.65. The summed E-state index contributed by atoms with van der Waals surface area (Å²) in [5, 5.41) is 5.06. The van der Waals surface area contributed by atoms with Crippen LogP contribution in [0.1, 0.15) is 18.7 Å². The van der Waals surface area contributed by atoms with Crippen LogP contribution in [0.4, 0.5) is 4.79 Å². The lowest BCUT2D eigenvalue weighted by Crippen LogP contribution is -2.50. The summed E-state index contributed by atoms with van der Waals surface area (Å²) in [5.74, 6) is 0.104. The molecule has 0 spiro atoms. The van der Waals surface area contributed by atoms with E-state index in [-0.39, 0.29) is 12.5 Å². The number of hydrogen-bond acceptors (Lipinski definition) is 5. The van der Waals surface area contributed by atoms with Crippen molar-refractivity contribution < 1.29 is 9.59 Å². The van der Waals surface area contributed by atoms with Crippen LogP contribution in [0.25, 0.3) is 0 Å². The Labute approximate surface area is 152 Å². The molecule has 1 aliphatic heterocycles. The standard InChI is InChI=1S/C16H25ClN4O2S/c1-12(2)9-18-16(23)19-15(22)11-21-7-5-20(6-8-21)10-13-3-4-14(17)24-13/h3-4,12H,5-11H2,1-2H3,(H2,18,19,22,23). The highest BCUT2D eigenvalue weighted by atomic mass is 35.5. The first-order chi connectivity index (χ1) is 11.4. The van der Waals surface area contributed by atoms with E-state index in [1.165, 1.54) is 4.88 Å². The van der Waals surface area contributed by atoms with Crippen LogP contribution in [-0.2, 0) is 11.3 Å². The highest BCUT2D eigenvalue weighted by molar-refractivity contribution is 7.16. The number of amides is 3. The van der Waals surface area contributed by atoms with Gasteiger partial charge in [0.1, 0.15) is 0 Å². The Kier molecular flexibility index (Phi) is 7.48. The van der Waals surface area contributed by atoms with Gasteiger partial charge in [0, 0.05) is 44.1 Å². The molecule has 0 radical (unpaired) electrons. The van der Waals surface area contributed by atoms with Gasteiger partial charge in [0.15, 0.2) is 0 Å². The van der Waals surface area contributed by atoms with E-state index in [1.807, 2.05) is 19.9 Å². The Morgan fingerprint density at radius 3 is 2.46 bits per heavy atom. The van der Waals surface area contributed by atoms with Crippen molar-refractivity contribution in [1.29, 1.82) is 0 Å². The van der Waals surface area contributed by atoms with E-state index >= 15 is 0 Å². The summed E-state index contributed by atoms with van der Waals surface area (Å²) in [4.78, 5) is 29.2. The Morgan fingerprint density at radius 2 is 1.88 bits per heavy atom. The molecule has 8 heteroatoms. The average Bonchev–Trinajstić information content (AvgIpc) is 2.92. The number of halogens is 1. The molecule has 0 aliphatic carbocycles. The normalized spacial score (nSPS) is 16.3. The molecule has 0 aromatic carbocycles. The molecule has 0 atom stereocenters. The van der Waals surface area contributed by atoms with Gasteiger partial charge >= 0.3 is 6.03 Å². The molecule has 0 bridgehead atoms. The van der Waals surface area contributed by atoms with Crippen molar-refractivity contribution in [1.82, 2.24) is 20.4 Å². The van der Waals surface area contributed by atoms with Gasteiger partial charge in [-0.1, -0.05) is 25.4 Å². The maximum absolute atomic E-state index is 11.9. The van der Waals surface area contributed by atoms with Crippen molar-refractivity contribution >= 4 is 34.9 Å². The van der Waals surface area contributed by atoms with Crippen molar-refractivity contribution in [2.75, 3.05) is 39.3 Å². The summed E-state index contributed by atoms with van der Waals surface area (Å²) >= 11 is 7.56.